The number of fused-ring (bicyclic) bond motifs is 1. The third kappa shape index (κ3) is 7.07. The van der Waals surface area contributed by atoms with Gasteiger partial charge in [0.05, 0.1) is 41.3 Å². The van der Waals surface area contributed by atoms with Gasteiger partial charge in [-0.15, -0.1) is 11.3 Å². The normalized spacial score (nSPS) is 18.7. The van der Waals surface area contributed by atoms with E-state index in [1.165, 1.54) is 39.2 Å². The van der Waals surface area contributed by atoms with Crippen molar-refractivity contribution in [3.63, 3.8) is 0 Å². The number of halogens is 2. The predicted octanol–water partition coefficient (Wildman–Crippen LogP) is 5.21. The lowest BCUT2D eigenvalue weighted by Crippen LogP contribution is -2.53. The van der Waals surface area contributed by atoms with Crippen molar-refractivity contribution in [2.24, 2.45) is 5.92 Å². The van der Waals surface area contributed by atoms with E-state index in [0.29, 0.717) is 53.5 Å². The van der Waals surface area contributed by atoms with E-state index in [0.717, 1.165) is 21.8 Å². The highest BCUT2D eigenvalue weighted by molar-refractivity contribution is 7.17. The zero-order chi connectivity index (χ0) is 38.4. The second-order valence-electron chi connectivity index (χ2n) is 14.4. The molecule has 0 radical (unpaired) electrons. The molecule has 1 aromatic carbocycles. The number of carbonyl (C=O) groups excluding carboxylic acids is 2. The van der Waals surface area contributed by atoms with Crippen molar-refractivity contribution in [2.45, 2.75) is 57.7 Å². The zero-order valence-corrected chi connectivity index (χ0v) is 31.1. The van der Waals surface area contributed by atoms with Gasteiger partial charge in [0.2, 0.25) is 5.91 Å². The topological polar surface area (TPSA) is 144 Å². The summed E-state index contributed by atoms with van der Waals surface area (Å²) in [5, 5.41) is 16.3. The maximum Gasteiger partial charge on any atom is 0.333 e. The van der Waals surface area contributed by atoms with Gasteiger partial charge in [-0.1, -0.05) is 30.3 Å². The number of piperidine rings is 2. The summed E-state index contributed by atoms with van der Waals surface area (Å²) in [6.45, 7) is 2.36. The molecule has 0 aliphatic carbocycles. The Kier molecular flexibility index (Phi) is 9.63. The molecule has 2 atom stereocenters. The number of pyridine rings is 1. The number of benzene rings is 1. The van der Waals surface area contributed by atoms with Gasteiger partial charge in [0, 0.05) is 61.7 Å². The molecular weight excluding hydrogens is 729 g/mol. The fraction of sp³-hybridized carbons (Fsp3) is 0.359. The molecule has 2 aliphatic heterocycles. The summed E-state index contributed by atoms with van der Waals surface area (Å²) in [4.78, 5) is 59.4. The number of aromatic nitrogens is 7. The first kappa shape index (κ1) is 36.4. The monoisotopic (exact) mass is 767 g/mol. The van der Waals surface area contributed by atoms with Gasteiger partial charge < -0.3 is 14.9 Å². The Morgan fingerprint density at radius 2 is 1.78 bits per heavy atom. The molecule has 2 saturated heterocycles. The van der Waals surface area contributed by atoms with Crippen LogP contribution in [-0.4, -0.2) is 92.4 Å². The van der Waals surface area contributed by atoms with Crippen LogP contribution in [0.5, 0.6) is 0 Å². The molecule has 13 nitrogen and oxygen atoms in total. The summed E-state index contributed by atoms with van der Waals surface area (Å²) in [7, 11) is 0. The average molecular weight is 768 g/mol. The van der Waals surface area contributed by atoms with E-state index in [1.54, 1.807) is 23.4 Å². The van der Waals surface area contributed by atoms with E-state index in [2.05, 4.69) is 20.1 Å². The van der Waals surface area contributed by atoms with Gasteiger partial charge in [0.1, 0.15) is 16.2 Å². The van der Waals surface area contributed by atoms with Crippen LogP contribution in [0.25, 0.3) is 27.3 Å². The Morgan fingerprint density at radius 1 is 1.00 bits per heavy atom. The lowest BCUT2D eigenvalue weighted by molar-refractivity contribution is -0.142. The summed E-state index contributed by atoms with van der Waals surface area (Å²) >= 11 is 1.36. The molecule has 7 heterocycles. The van der Waals surface area contributed by atoms with Gasteiger partial charge in [-0.05, 0) is 56.9 Å². The van der Waals surface area contributed by atoms with E-state index in [-0.39, 0.29) is 59.6 Å². The number of likely N-dealkylation sites (tertiary alicyclic amines) is 2. The minimum atomic E-state index is -2.80. The third-order valence-corrected chi connectivity index (χ3v) is 12.0. The standard InChI is InChI=1S/C39H39F2N9O4S/c1-24-8-9-27(18-42-24)34-45-25(2)32(55-34)37(53)47-14-10-29(31(21-47)26-6-4-3-5-7-26)35(51)46-16-12-39(54,13-17-46)22-48-23-43-33-30(36(48)52)11-15-49(33)28-19-44-50(20-28)38(40)41/h3-9,11,15,18-20,23,29,31,38,54H,10,12-14,16-17,21-22H2,1-2H3/t29-,31+/m1/s1. The number of aliphatic hydroxyl groups is 1. The van der Waals surface area contributed by atoms with Crippen molar-refractivity contribution in [3.8, 4) is 16.3 Å². The molecule has 2 fully saturated rings. The molecule has 0 unspecified atom stereocenters. The molecular formula is C39H39F2N9O4S. The second kappa shape index (κ2) is 14.6. The van der Waals surface area contributed by atoms with E-state index in [4.69, 9.17) is 0 Å². The Hall–Kier alpha value is -5.61. The molecule has 8 rings (SSSR count). The minimum absolute atomic E-state index is 0.0112. The first-order chi connectivity index (χ1) is 26.5. The Labute approximate surface area is 318 Å². The number of aryl methyl sites for hydroxylation is 2. The fourth-order valence-electron chi connectivity index (χ4n) is 7.71. The van der Waals surface area contributed by atoms with Crippen LogP contribution in [-0.2, 0) is 11.3 Å². The minimum Gasteiger partial charge on any atom is -0.388 e. The summed E-state index contributed by atoms with van der Waals surface area (Å²) in [6, 6.07) is 15.3. The number of thiazole rings is 1. The quantitative estimate of drug-likeness (QED) is 0.222. The summed E-state index contributed by atoms with van der Waals surface area (Å²) in [5.74, 6) is -0.698. The molecule has 2 aliphatic rings. The average Bonchev–Trinajstić information content (AvgIpc) is 3.95. The van der Waals surface area contributed by atoms with Gasteiger partial charge in [0.15, 0.2) is 5.65 Å². The van der Waals surface area contributed by atoms with Crippen LogP contribution in [0.3, 0.4) is 0 Å². The van der Waals surface area contributed by atoms with Crippen LogP contribution in [0.1, 0.15) is 58.4 Å². The first-order valence-corrected chi connectivity index (χ1v) is 18.9. The van der Waals surface area contributed by atoms with Crippen LogP contribution in [0.4, 0.5) is 8.78 Å². The van der Waals surface area contributed by atoms with Crippen LogP contribution < -0.4 is 5.56 Å². The van der Waals surface area contributed by atoms with E-state index >= 15 is 0 Å². The largest absolute Gasteiger partial charge is 0.388 e. The van der Waals surface area contributed by atoms with Crippen LogP contribution in [0, 0.1) is 19.8 Å². The van der Waals surface area contributed by atoms with Crippen molar-refractivity contribution in [2.75, 3.05) is 26.2 Å². The molecule has 16 heteroatoms. The molecule has 6 aromatic rings. The highest BCUT2D eigenvalue weighted by atomic mass is 32.1. The molecule has 0 saturated carbocycles. The number of nitrogens with zero attached hydrogens (tertiary/aromatic N) is 9. The third-order valence-electron chi connectivity index (χ3n) is 10.8. The first-order valence-electron chi connectivity index (χ1n) is 18.1. The van der Waals surface area contributed by atoms with Crippen molar-refractivity contribution >= 4 is 34.2 Å². The number of alkyl halides is 2. The summed E-state index contributed by atoms with van der Waals surface area (Å²) in [5.41, 5.74) is 2.40. The SMILES string of the molecule is Cc1ccc(-c2nc(C)c(C(=O)N3CC[C@@H](C(=O)N4CCC(O)(Cn5cnc6c(ccn6-c6cnn(C(F)F)c6)c5=O)CC4)[C@H](c4ccccc4)C3)s2)cn1. The van der Waals surface area contributed by atoms with Gasteiger partial charge in [-0.3, -0.25) is 28.5 Å². The molecule has 55 heavy (non-hydrogen) atoms. The zero-order valence-electron chi connectivity index (χ0n) is 30.3. The Balaban J connectivity index is 0.947. The number of rotatable bonds is 8. The van der Waals surface area contributed by atoms with Gasteiger partial charge in [-0.2, -0.15) is 13.9 Å². The van der Waals surface area contributed by atoms with Crippen molar-refractivity contribution in [1.29, 1.82) is 0 Å². The van der Waals surface area contributed by atoms with E-state index < -0.39 is 12.2 Å². The molecule has 284 valence electrons. The highest BCUT2D eigenvalue weighted by Gasteiger charge is 2.42. The van der Waals surface area contributed by atoms with E-state index in [1.807, 2.05) is 61.2 Å². The fourth-order valence-corrected chi connectivity index (χ4v) is 8.74. The van der Waals surface area contributed by atoms with Gasteiger partial charge in [0.25, 0.3) is 11.5 Å². The van der Waals surface area contributed by atoms with Crippen LogP contribution in [0.15, 0.2) is 84.4 Å². The van der Waals surface area contributed by atoms with Crippen molar-refractivity contribution in [3.05, 3.63) is 112 Å². The summed E-state index contributed by atoms with van der Waals surface area (Å²) in [6.07, 6.45) is 8.13. The van der Waals surface area contributed by atoms with Crippen LogP contribution in [0.2, 0.25) is 0 Å². The Bertz CT molecular complexity index is 2420. The van der Waals surface area contributed by atoms with Crippen molar-refractivity contribution in [1.82, 2.24) is 43.7 Å². The predicted molar refractivity (Wildman–Crippen MR) is 201 cm³/mol. The highest BCUT2D eigenvalue weighted by Crippen LogP contribution is 2.37. The van der Waals surface area contributed by atoms with E-state index in [9.17, 15) is 28.3 Å². The Morgan fingerprint density at radius 3 is 2.49 bits per heavy atom. The number of hydrogen-bond acceptors (Lipinski definition) is 9. The summed E-state index contributed by atoms with van der Waals surface area (Å²) < 4.78 is 29.5. The second-order valence-corrected chi connectivity index (χ2v) is 15.4. The van der Waals surface area contributed by atoms with Crippen LogP contribution >= 0.6 is 11.3 Å². The maximum absolute atomic E-state index is 14.3. The maximum atomic E-state index is 14.3. The lowest BCUT2D eigenvalue weighted by atomic mass is 9.79. The number of hydrogen-bond donors (Lipinski definition) is 1. The van der Waals surface area contributed by atoms with Gasteiger partial charge >= 0.3 is 6.55 Å². The molecule has 2 amide bonds. The van der Waals surface area contributed by atoms with Crippen molar-refractivity contribution < 1.29 is 23.5 Å². The number of amides is 2. The molecule has 0 spiro atoms. The smallest absolute Gasteiger partial charge is 0.333 e. The van der Waals surface area contributed by atoms with Gasteiger partial charge in [-0.25, -0.2) is 14.6 Å². The molecule has 1 N–H and O–H groups in total. The number of carbonyl (C=O) groups is 2. The molecule has 5 aromatic heterocycles. The molecule has 0 bridgehead atoms. The lowest BCUT2D eigenvalue weighted by Gasteiger charge is -2.43.